The number of benzene rings is 2. The van der Waals surface area contributed by atoms with Crippen molar-refractivity contribution >= 4 is 33.7 Å². The summed E-state index contributed by atoms with van der Waals surface area (Å²) >= 11 is 3.11. The highest BCUT2D eigenvalue weighted by molar-refractivity contribution is 9.10. The molecule has 0 bridgehead atoms. The third-order valence-electron chi connectivity index (χ3n) is 3.09. The highest BCUT2D eigenvalue weighted by Crippen LogP contribution is 2.17. The molecule has 1 N–H and O–H groups in total. The largest absolute Gasteiger partial charge is 0.496 e. The molecule has 0 aromatic heterocycles. The van der Waals surface area contributed by atoms with Gasteiger partial charge in [0.15, 0.2) is 6.61 Å². The van der Waals surface area contributed by atoms with Crippen molar-refractivity contribution in [3.05, 3.63) is 63.9 Å². The number of hydrogen-bond acceptors (Lipinski definition) is 5. The van der Waals surface area contributed by atoms with E-state index in [9.17, 15) is 18.8 Å². The molecule has 0 spiro atoms. The van der Waals surface area contributed by atoms with E-state index in [1.807, 2.05) is 0 Å². The lowest BCUT2D eigenvalue weighted by Gasteiger charge is -2.09. The summed E-state index contributed by atoms with van der Waals surface area (Å²) in [6, 6.07) is 10.1. The van der Waals surface area contributed by atoms with Gasteiger partial charge >= 0.3 is 5.97 Å². The van der Waals surface area contributed by atoms with Gasteiger partial charge in [-0.05, 0) is 30.3 Å². The van der Waals surface area contributed by atoms with Crippen LogP contribution in [-0.4, -0.2) is 31.5 Å². The number of halogens is 2. The molecule has 6 nitrogen and oxygen atoms in total. The standard InChI is InChI=1S/C17H13BrFNO5/c1-24-14-5-3-2-4-11(14)16(22)20-15(21)9-25-17(23)12-8-10(18)6-7-13(12)19/h2-8H,9H2,1H3,(H,20,21,22). The van der Waals surface area contributed by atoms with E-state index < -0.39 is 30.2 Å². The van der Waals surface area contributed by atoms with Crippen molar-refractivity contribution in [3.63, 3.8) is 0 Å². The molecule has 0 heterocycles. The lowest BCUT2D eigenvalue weighted by molar-refractivity contribution is -0.123. The number of ether oxygens (including phenoxy) is 2. The number of carbonyl (C=O) groups excluding carboxylic acids is 3. The third-order valence-corrected chi connectivity index (χ3v) is 3.58. The van der Waals surface area contributed by atoms with Crippen LogP contribution < -0.4 is 10.1 Å². The van der Waals surface area contributed by atoms with Crippen LogP contribution in [0.1, 0.15) is 20.7 Å². The molecule has 0 aliphatic rings. The number of rotatable bonds is 5. The summed E-state index contributed by atoms with van der Waals surface area (Å²) in [6.07, 6.45) is 0. The first kappa shape index (κ1) is 18.6. The molecule has 2 aromatic rings. The Kier molecular flexibility index (Phi) is 6.24. The van der Waals surface area contributed by atoms with E-state index in [4.69, 9.17) is 9.47 Å². The monoisotopic (exact) mass is 409 g/mol. The number of esters is 1. The van der Waals surface area contributed by atoms with E-state index >= 15 is 0 Å². The zero-order valence-corrected chi connectivity index (χ0v) is 14.6. The second-order valence-electron chi connectivity index (χ2n) is 4.78. The summed E-state index contributed by atoms with van der Waals surface area (Å²) in [6.45, 7) is -0.730. The van der Waals surface area contributed by atoms with E-state index in [0.29, 0.717) is 10.2 Å². The molecule has 2 amide bonds. The van der Waals surface area contributed by atoms with Crippen molar-refractivity contribution in [2.75, 3.05) is 13.7 Å². The Morgan fingerprint density at radius 1 is 1.12 bits per heavy atom. The summed E-state index contributed by atoms with van der Waals surface area (Å²) < 4.78 is 23.8. The van der Waals surface area contributed by atoms with Crippen molar-refractivity contribution in [1.82, 2.24) is 5.32 Å². The van der Waals surface area contributed by atoms with Crippen LogP contribution in [0, 0.1) is 5.82 Å². The topological polar surface area (TPSA) is 81.7 Å². The molecule has 0 atom stereocenters. The van der Waals surface area contributed by atoms with Crippen LogP contribution in [0.3, 0.4) is 0 Å². The van der Waals surface area contributed by atoms with Gasteiger partial charge < -0.3 is 9.47 Å². The summed E-state index contributed by atoms with van der Waals surface area (Å²) in [4.78, 5) is 35.6. The highest BCUT2D eigenvalue weighted by Gasteiger charge is 2.18. The molecule has 0 radical (unpaired) electrons. The number of para-hydroxylation sites is 1. The van der Waals surface area contributed by atoms with Crippen LogP contribution in [0.15, 0.2) is 46.9 Å². The predicted molar refractivity (Wildman–Crippen MR) is 89.8 cm³/mol. The van der Waals surface area contributed by atoms with Gasteiger partial charge in [-0.3, -0.25) is 14.9 Å². The second kappa shape index (κ2) is 8.39. The van der Waals surface area contributed by atoms with Gasteiger partial charge in [0.05, 0.1) is 18.2 Å². The lowest BCUT2D eigenvalue weighted by Crippen LogP contribution is -2.34. The molecule has 2 rings (SSSR count). The molecule has 0 saturated heterocycles. The molecule has 130 valence electrons. The zero-order chi connectivity index (χ0) is 18.4. The molecule has 0 fully saturated rings. The molecular formula is C17H13BrFNO5. The summed E-state index contributed by atoms with van der Waals surface area (Å²) in [5.41, 5.74) is -0.166. The normalized spacial score (nSPS) is 10.0. The molecule has 25 heavy (non-hydrogen) atoms. The fourth-order valence-corrected chi connectivity index (χ4v) is 2.29. The first-order chi connectivity index (χ1) is 11.9. The maximum absolute atomic E-state index is 13.6. The third kappa shape index (κ3) is 4.87. The summed E-state index contributed by atoms with van der Waals surface area (Å²) in [5.74, 6) is -3.05. The average molecular weight is 410 g/mol. The smallest absolute Gasteiger partial charge is 0.341 e. The maximum atomic E-state index is 13.6. The van der Waals surface area contributed by atoms with Gasteiger partial charge in [-0.2, -0.15) is 0 Å². The minimum absolute atomic E-state index is 0.155. The number of imide groups is 1. The molecule has 2 aromatic carbocycles. The Morgan fingerprint density at radius 3 is 2.56 bits per heavy atom. The van der Waals surface area contributed by atoms with Gasteiger partial charge in [0.1, 0.15) is 11.6 Å². The number of methoxy groups -OCH3 is 1. The first-order valence-corrected chi connectivity index (χ1v) is 7.81. The number of carbonyl (C=O) groups is 3. The Balaban J connectivity index is 1.95. The van der Waals surface area contributed by atoms with Gasteiger partial charge in [0.25, 0.3) is 11.8 Å². The van der Waals surface area contributed by atoms with Crippen molar-refractivity contribution in [2.24, 2.45) is 0 Å². The lowest BCUT2D eigenvalue weighted by atomic mass is 10.2. The Bertz CT molecular complexity index is 824. The minimum Gasteiger partial charge on any atom is -0.496 e. The van der Waals surface area contributed by atoms with E-state index in [2.05, 4.69) is 21.2 Å². The predicted octanol–water partition coefficient (Wildman–Crippen LogP) is 2.71. The average Bonchev–Trinajstić information content (AvgIpc) is 2.61. The highest BCUT2D eigenvalue weighted by atomic mass is 79.9. The van der Waals surface area contributed by atoms with Gasteiger partial charge in [0.2, 0.25) is 0 Å². The van der Waals surface area contributed by atoms with Crippen LogP contribution in [0.2, 0.25) is 0 Å². The van der Waals surface area contributed by atoms with Crippen molar-refractivity contribution in [3.8, 4) is 5.75 Å². The van der Waals surface area contributed by atoms with E-state index in [0.717, 1.165) is 6.07 Å². The van der Waals surface area contributed by atoms with Crippen molar-refractivity contribution in [1.29, 1.82) is 0 Å². The Labute approximate surface area is 151 Å². The minimum atomic E-state index is -1.02. The van der Waals surface area contributed by atoms with Crippen LogP contribution in [0.5, 0.6) is 5.75 Å². The summed E-state index contributed by atoms with van der Waals surface area (Å²) in [7, 11) is 1.39. The van der Waals surface area contributed by atoms with Gasteiger partial charge in [-0.1, -0.05) is 28.1 Å². The molecular weight excluding hydrogens is 397 g/mol. The van der Waals surface area contributed by atoms with Crippen LogP contribution in [-0.2, 0) is 9.53 Å². The molecule has 8 heteroatoms. The van der Waals surface area contributed by atoms with E-state index in [1.54, 1.807) is 18.2 Å². The van der Waals surface area contributed by atoms with E-state index in [1.165, 1.54) is 25.3 Å². The van der Waals surface area contributed by atoms with E-state index in [-0.39, 0.29) is 11.1 Å². The van der Waals surface area contributed by atoms with Crippen LogP contribution >= 0.6 is 15.9 Å². The summed E-state index contributed by atoms with van der Waals surface area (Å²) in [5, 5.41) is 2.07. The molecule has 0 aliphatic carbocycles. The van der Waals surface area contributed by atoms with Gasteiger partial charge in [-0.25, -0.2) is 9.18 Å². The Morgan fingerprint density at radius 2 is 1.84 bits per heavy atom. The number of nitrogens with one attached hydrogen (secondary N) is 1. The fourth-order valence-electron chi connectivity index (χ4n) is 1.93. The maximum Gasteiger partial charge on any atom is 0.341 e. The van der Waals surface area contributed by atoms with Crippen LogP contribution in [0.25, 0.3) is 0 Å². The van der Waals surface area contributed by atoms with Crippen molar-refractivity contribution < 1.29 is 28.2 Å². The first-order valence-electron chi connectivity index (χ1n) is 7.01. The second-order valence-corrected chi connectivity index (χ2v) is 5.69. The van der Waals surface area contributed by atoms with Crippen LogP contribution in [0.4, 0.5) is 4.39 Å². The zero-order valence-electron chi connectivity index (χ0n) is 13.0. The quantitative estimate of drug-likeness (QED) is 0.767. The fraction of sp³-hybridized carbons (Fsp3) is 0.118. The van der Waals surface area contributed by atoms with Gasteiger partial charge in [-0.15, -0.1) is 0 Å². The SMILES string of the molecule is COc1ccccc1C(=O)NC(=O)COC(=O)c1cc(Br)ccc1F. The molecule has 0 unspecified atom stereocenters. The molecule has 0 saturated carbocycles. The van der Waals surface area contributed by atoms with Crippen molar-refractivity contribution in [2.45, 2.75) is 0 Å². The molecule has 0 aliphatic heterocycles. The Hall–Kier alpha value is -2.74. The van der Waals surface area contributed by atoms with Gasteiger partial charge in [0, 0.05) is 4.47 Å². The number of hydrogen-bond donors (Lipinski definition) is 1. The number of amides is 2.